The number of fused-ring (bicyclic) bond motifs is 2. The summed E-state index contributed by atoms with van der Waals surface area (Å²) in [4.78, 5) is 34.2. The monoisotopic (exact) mass is 992 g/mol. The van der Waals surface area contributed by atoms with Gasteiger partial charge in [-0.1, -0.05) is 56.1 Å². The fourth-order valence-electron chi connectivity index (χ4n) is 4.58. The lowest BCUT2D eigenvalue weighted by Gasteiger charge is -2.12. The molecule has 4 aromatic carbocycles. The number of carbonyl (C=O) groups excluding carboxylic acids is 2. The number of hydrogen-bond donors (Lipinski definition) is 2. The number of pyridine rings is 2. The number of nitrogens with one attached hydrogen (secondary N) is 2. The molecule has 0 fully saturated rings. The maximum Gasteiger partial charge on any atom is 0.258 e. The van der Waals surface area contributed by atoms with Crippen molar-refractivity contribution in [3.63, 3.8) is 0 Å². The lowest BCUT2D eigenvalue weighted by molar-refractivity contribution is 0.101. The van der Waals surface area contributed by atoms with E-state index in [1.54, 1.807) is 12.4 Å². The number of hydrogen-bond acceptors (Lipinski definition) is 4. The Bertz CT molecular complexity index is 2000. The molecule has 0 saturated carbocycles. The van der Waals surface area contributed by atoms with Crippen molar-refractivity contribution in [2.24, 2.45) is 0 Å². The first-order valence-corrected chi connectivity index (χ1v) is 18.3. The molecule has 12 heteroatoms. The van der Waals surface area contributed by atoms with Gasteiger partial charge in [0, 0.05) is 50.0 Å². The van der Waals surface area contributed by atoms with Crippen LogP contribution in [0, 0.1) is 13.8 Å². The van der Waals surface area contributed by atoms with Gasteiger partial charge in [-0.25, -0.2) is 0 Å². The number of carbonyl (C=O) groups is 2. The number of halogens is 6. The summed E-state index contributed by atoms with van der Waals surface area (Å²) >= 11 is 20.9. The fraction of sp³-hybridized carbons (Fsp3) is 0.0588. The van der Waals surface area contributed by atoms with Gasteiger partial charge in [0.2, 0.25) is 0 Å². The van der Waals surface area contributed by atoms with Gasteiger partial charge in [-0.05, 0) is 137 Å². The molecule has 2 amide bonds. The minimum absolute atomic E-state index is 0.193. The molecule has 232 valence electrons. The molecule has 6 nitrogen and oxygen atoms in total. The zero-order valence-electron chi connectivity index (χ0n) is 24.1. The van der Waals surface area contributed by atoms with Crippen LogP contribution in [0.2, 0.25) is 0 Å². The smallest absolute Gasteiger partial charge is 0.258 e. The largest absolute Gasteiger partial charge is 0.320 e. The highest BCUT2D eigenvalue weighted by Gasteiger charge is 2.19. The molecule has 2 heterocycles. The Balaban J connectivity index is 0.000000181. The van der Waals surface area contributed by atoms with E-state index < -0.39 is 0 Å². The number of anilines is 2. The van der Waals surface area contributed by atoms with Crippen LogP contribution >= 0.6 is 95.6 Å². The second-order valence-corrected chi connectivity index (χ2v) is 15.0. The minimum Gasteiger partial charge on any atom is -0.320 e. The summed E-state index contributed by atoms with van der Waals surface area (Å²) < 4.78 is 4.91. The van der Waals surface area contributed by atoms with E-state index in [1.807, 2.05) is 86.6 Å². The van der Waals surface area contributed by atoms with E-state index in [4.69, 9.17) is 0 Å². The molecule has 0 radical (unpaired) electrons. The van der Waals surface area contributed by atoms with E-state index in [2.05, 4.69) is 116 Å². The van der Waals surface area contributed by atoms with Gasteiger partial charge < -0.3 is 10.6 Å². The maximum atomic E-state index is 12.7. The first-order chi connectivity index (χ1) is 22.0. The fourth-order valence-corrected chi connectivity index (χ4v) is 8.09. The molecule has 2 N–H and O–H groups in total. The van der Waals surface area contributed by atoms with E-state index in [0.717, 1.165) is 59.8 Å². The summed E-state index contributed by atoms with van der Waals surface area (Å²) in [5, 5.41) is 7.81. The van der Waals surface area contributed by atoms with Crippen LogP contribution in [0.4, 0.5) is 11.4 Å². The van der Waals surface area contributed by atoms with Crippen LogP contribution in [0.25, 0.3) is 21.8 Å². The average molecular weight is 998 g/mol. The standard InChI is InChI=1S/2C17H11Br3N2O/c2*1-9-4-5-12(19)14(15(9)20)17(23)22-13-7-6-11(18)10-3-2-8-21-16(10)13/h2*2-8H,1H3,(H,22,23). The van der Waals surface area contributed by atoms with Crippen molar-refractivity contribution in [2.75, 3.05) is 10.6 Å². The molecule has 0 spiro atoms. The Labute approximate surface area is 315 Å². The third-order valence-electron chi connectivity index (χ3n) is 6.95. The zero-order valence-corrected chi connectivity index (χ0v) is 33.6. The molecule has 46 heavy (non-hydrogen) atoms. The molecule has 0 bridgehead atoms. The lowest BCUT2D eigenvalue weighted by atomic mass is 10.1. The lowest BCUT2D eigenvalue weighted by Crippen LogP contribution is -2.14. The summed E-state index contributed by atoms with van der Waals surface area (Å²) in [6.45, 7) is 3.90. The molecule has 0 aliphatic heterocycles. The molecular weight excluding hydrogens is 976 g/mol. The highest BCUT2D eigenvalue weighted by Crippen LogP contribution is 2.34. The van der Waals surface area contributed by atoms with E-state index in [0.29, 0.717) is 22.5 Å². The summed E-state index contributed by atoms with van der Waals surface area (Å²) in [6, 6.07) is 22.8. The van der Waals surface area contributed by atoms with Crippen molar-refractivity contribution in [2.45, 2.75) is 13.8 Å². The Kier molecular flexibility index (Phi) is 11.5. The molecule has 0 atom stereocenters. The summed E-state index contributed by atoms with van der Waals surface area (Å²) in [6.07, 6.45) is 3.42. The second kappa shape index (κ2) is 15.2. The molecule has 2 aromatic heterocycles. The Hall–Kier alpha value is -2.48. The summed E-state index contributed by atoms with van der Waals surface area (Å²) in [7, 11) is 0. The predicted octanol–water partition coefficient (Wildman–Crippen LogP) is 12.2. The maximum absolute atomic E-state index is 12.7. The van der Waals surface area contributed by atoms with Crippen LogP contribution < -0.4 is 10.6 Å². The van der Waals surface area contributed by atoms with Crippen LogP contribution in [-0.2, 0) is 0 Å². The normalized spacial score (nSPS) is 10.8. The van der Waals surface area contributed by atoms with Crippen LogP contribution in [0.1, 0.15) is 31.8 Å². The average Bonchev–Trinajstić information content (AvgIpc) is 3.04. The number of amides is 2. The van der Waals surface area contributed by atoms with Gasteiger partial charge >= 0.3 is 0 Å². The Morgan fingerprint density at radius 2 is 0.891 bits per heavy atom. The first kappa shape index (κ1) is 34.8. The van der Waals surface area contributed by atoms with E-state index in [9.17, 15) is 9.59 Å². The van der Waals surface area contributed by atoms with Gasteiger partial charge in [-0.2, -0.15) is 0 Å². The summed E-state index contributed by atoms with van der Waals surface area (Å²) in [5.41, 5.74) is 5.97. The van der Waals surface area contributed by atoms with Gasteiger partial charge in [0.05, 0.1) is 33.5 Å². The number of nitrogens with zero attached hydrogens (tertiary/aromatic N) is 2. The molecule has 0 aliphatic carbocycles. The Morgan fingerprint density at radius 1 is 0.522 bits per heavy atom. The van der Waals surface area contributed by atoms with Crippen LogP contribution in [0.5, 0.6) is 0 Å². The topological polar surface area (TPSA) is 84.0 Å². The number of rotatable bonds is 4. The highest BCUT2D eigenvalue weighted by molar-refractivity contribution is 9.11. The van der Waals surface area contributed by atoms with E-state index >= 15 is 0 Å². The predicted molar refractivity (Wildman–Crippen MR) is 208 cm³/mol. The van der Waals surface area contributed by atoms with Crippen LogP contribution in [0.3, 0.4) is 0 Å². The quantitative estimate of drug-likeness (QED) is 0.184. The first-order valence-electron chi connectivity index (χ1n) is 13.6. The molecule has 0 saturated heterocycles. The minimum atomic E-state index is -0.193. The van der Waals surface area contributed by atoms with E-state index in [1.165, 1.54) is 0 Å². The third kappa shape index (κ3) is 7.47. The van der Waals surface area contributed by atoms with Gasteiger partial charge in [0.15, 0.2) is 0 Å². The Morgan fingerprint density at radius 3 is 1.28 bits per heavy atom. The summed E-state index contributed by atoms with van der Waals surface area (Å²) in [5.74, 6) is -0.386. The van der Waals surface area contributed by atoms with Crippen molar-refractivity contribution >= 4 is 141 Å². The molecule has 6 aromatic rings. The van der Waals surface area contributed by atoms with Crippen molar-refractivity contribution in [1.29, 1.82) is 0 Å². The highest BCUT2D eigenvalue weighted by atomic mass is 79.9. The molecular formula is C34H22Br6N4O2. The van der Waals surface area contributed by atoms with Gasteiger partial charge in [0.25, 0.3) is 11.8 Å². The van der Waals surface area contributed by atoms with Gasteiger partial charge in [0.1, 0.15) is 0 Å². The van der Waals surface area contributed by atoms with Crippen molar-refractivity contribution in [3.05, 3.63) is 134 Å². The zero-order chi connectivity index (χ0) is 33.1. The van der Waals surface area contributed by atoms with Crippen molar-refractivity contribution in [3.8, 4) is 0 Å². The van der Waals surface area contributed by atoms with Crippen molar-refractivity contribution in [1.82, 2.24) is 9.97 Å². The van der Waals surface area contributed by atoms with Crippen LogP contribution in [0.15, 0.2) is 112 Å². The number of aromatic nitrogens is 2. The SMILES string of the molecule is Cc1ccc(Br)c(C(=O)Nc2ccc(Br)c3cccnc23)c1Br.Cc1ccc(Br)c(C(=O)Nc2ccc(Br)c3cccnc23)c1Br. The third-order valence-corrected chi connectivity index (χ3v) is 11.7. The second-order valence-electron chi connectivity index (χ2n) is 10.0. The number of benzene rings is 4. The van der Waals surface area contributed by atoms with Gasteiger partial charge in [-0.15, -0.1) is 0 Å². The molecule has 0 unspecified atom stereocenters. The van der Waals surface area contributed by atoms with Crippen molar-refractivity contribution < 1.29 is 9.59 Å². The van der Waals surface area contributed by atoms with Gasteiger partial charge in [-0.3, -0.25) is 19.6 Å². The number of aryl methyl sites for hydroxylation is 2. The molecule has 0 aliphatic rings. The van der Waals surface area contributed by atoms with E-state index in [-0.39, 0.29) is 11.8 Å². The van der Waals surface area contributed by atoms with Crippen LogP contribution in [-0.4, -0.2) is 21.8 Å². The molecule has 6 rings (SSSR count).